The van der Waals surface area contributed by atoms with Crippen LogP contribution >= 0.6 is 0 Å². The van der Waals surface area contributed by atoms with Gasteiger partial charge in [0, 0.05) is 11.9 Å². The lowest BCUT2D eigenvalue weighted by molar-refractivity contribution is 0.601. The Labute approximate surface area is 132 Å². The summed E-state index contributed by atoms with van der Waals surface area (Å²) in [7, 11) is -3.70. The largest absolute Gasteiger partial charge is 0.368 e. The number of nitrogens with zero attached hydrogens (tertiary/aromatic N) is 3. The fraction of sp³-hybridized carbons (Fsp3) is 0. The van der Waals surface area contributed by atoms with Crippen LogP contribution in [0, 0.1) is 0 Å². The van der Waals surface area contributed by atoms with Crippen molar-refractivity contribution < 1.29 is 8.42 Å². The molecule has 10 heteroatoms. The maximum Gasteiger partial charge on any atom is 0.263 e. The van der Waals surface area contributed by atoms with E-state index in [9.17, 15) is 8.42 Å². The molecule has 0 atom stereocenters. The maximum absolute atomic E-state index is 12.3. The zero-order chi connectivity index (χ0) is 16.3. The number of hydrogen-bond donors (Lipinski definition) is 4. The minimum Gasteiger partial charge on any atom is -0.368 e. The number of nitrogens with one attached hydrogen (secondary N) is 3. The average Bonchev–Trinajstić information content (AvgIpc) is 2.93. The van der Waals surface area contributed by atoms with Crippen LogP contribution in [0.2, 0.25) is 0 Å². The highest BCUT2D eigenvalue weighted by molar-refractivity contribution is 7.92. The molecule has 2 aromatic heterocycles. The quantitative estimate of drug-likeness (QED) is 0.553. The van der Waals surface area contributed by atoms with Crippen LogP contribution in [0.3, 0.4) is 0 Å². The molecular formula is C13H13N7O2S. The molecule has 0 aliphatic carbocycles. The first-order chi connectivity index (χ1) is 11.0. The monoisotopic (exact) mass is 331 g/mol. The summed E-state index contributed by atoms with van der Waals surface area (Å²) in [5.41, 5.74) is 6.05. The second-order valence-electron chi connectivity index (χ2n) is 4.51. The van der Waals surface area contributed by atoms with Crippen molar-refractivity contribution in [1.82, 2.24) is 20.2 Å². The van der Waals surface area contributed by atoms with Crippen molar-refractivity contribution >= 4 is 33.4 Å². The fourth-order valence-corrected chi connectivity index (χ4v) is 2.80. The van der Waals surface area contributed by atoms with Gasteiger partial charge in [-0.1, -0.05) is 6.07 Å². The van der Waals surface area contributed by atoms with Crippen LogP contribution in [-0.4, -0.2) is 28.6 Å². The van der Waals surface area contributed by atoms with Crippen LogP contribution in [0.15, 0.2) is 53.6 Å². The second-order valence-corrected chi connectivity index (χ2v) is 6.20. The number of aromatic nitrogens is 4. The zero-order valence-electron chi connectivity index (χ0n) is 11.8. The Hall–Kier alpha value is -3.14. The molecular weight excluding hydrogens is 318 g/mol. The van der Waals surface area contributed by atoms with Gasteiger partial charge < -0.3 is 11.1 Å². The summed E-state index contributed by atoms with van der Waals surface area (Å²) in [6, 6.07) is 11.1. The zero-order valence-corrected chi connectivity index (χ0v) is 12.6. The molecule has 0 amide bonds. The molecule has 23 heavy (non-hydrogen) atoms. The van der Waals surface area contributed by atoms with Crippen molar-refractivity contribution in [3.05, 3.63) is 48.7 Å². The Morgan fingerprint density at radius 2 is 1.87 bits per heavy atom. The molecule has 0 radical (unpaired) electrons. The van der Waals surface area contributed by atoms with Gasteiger partial charge in [-0.2, -0.15) is 4.98 Å². The molecule has 1 aromatic carbocycles. The van der Waals surface area contributed by atoms with Gasteiger partial charge in [0.1, 0.15) is 5.82 Å². The normalized spacial score (nSPS) is 11.1. The summed E-state index contributed by atoms with van der Waals surface area (Å²) in [4.78, 5) is 7.94. The molecule has 0 bridgehead atoms. The van der Waals surface area contributed by atoms with E-state index in [1.807, 2.05) is 0 Å². The first-order valence-electron chi connectivity index (χ1n) is 6.52. The number of anilines is 4. The predicted molar refractivity (Wildman–Crippen MR) is 85.6 cm³/mol. The Kier molecular flexibility index (Phi) is 3.81. The van der Waals surface area contributed by atoms with Crippen LogP contribution in [0.25, 0.3) is 0 Å². The lowest BCUT2D eigenvalue weighted by Gasteiger charge is -2.08. The van der Waals surface area contributed by atoms with Gasteiger partial charge >= 0.3 is 0 Å². The van der Waals surface area contributed by atoms with Crippen molar-refractivity contribution in [2.45, 2.75) is 4.90 Å². The summed E-state index contributed by atoms with van der Waals surface area (Å²) in [6.07, 6.45) is 1.51. The van der Waals surface area contributed by atoms with Crippen molar-refractivity contribution in [3.63, 3.8) is 0 Å². The summed E-state index contributed by atoms with van der Waals surface area (Å²) in [5, 5.41) is 9.21. The molecule has 0 aliphatic heterocycles. The molecule has 118 valence electrons. The summed E-state index contributed by atoms with van der Waals surface area (Å²) in [5.74, 6) is 0.738. The first-order valence-corrected chi connectivity index (χ1v) is 8.00. The number of aromatic amines is 1. The van der Waals surface area contributed by atoms with Crippen LogP contribution < -0.4 is 15.8 Å². The molecule has 0 fully saturated rings. The molecule has 0 saturated heterocycles. The smallest absolute Gasteiger partial charge is 0.263 e. The molecule has 0 spiro atoms. The third-order valence-corrected chi connectivity index (χ3v) is 4.20. The van der Waals surface area contributed by atoms with Gasteiger partial charge in [0.05, 0.1) is 4.90 Å². The van der Waals surface area contributed by atoms with Crippen molar-refractivity contribution in [2.24, 2.45) is 0 Å². The van der Waals surface area contributed by atoms with Crippen LogP contribution in [0.5, 0.6) is 0 Å². The van der Waals surface area contributed by atoms with Gasteiger partial charge in [-0.25, -0.2) is 18.5 Å². The lowest BCUT2D eigenvalue weighted by Crippen LogP contribution is -2.13. The molecule has 9 nitrogen and oxygen atoms in total. The van der Waals surface area contributed by atoms with E-state index in [1.54, 1.807) is 30.3 Å². The molecule has 2 heterocycles. The van der Waals surface area contributed by atoms with Crippen LogP contribution in [0.4, 0.5) is 23.4 Å². The predicted octanol–water partition coefficient (Wildman–Crippen LogP) is 1.33. The van der Waals surface area contributed by atoms with Gasteiger partial charge in [0.15, 0.2) is 0 Å². The Morgan fingerprint density at radius 3 is 2.48 bits per heavy atom. The Balaban J connectivity index is 1.76. The Bertz CT molecular complexity index is 892. The maximum atomic E-state index is 12.3. The van der Waals surface area contributed by atoms with Gasteiger partial charge in [-0.3, -0.25) is 4.72 Å². The van der Waals surface area contributed by atoms with Gasteiger partial charge in [-0.15, -0.1) is 5.10 Å². The van der Waals surface area contributed by atoms with E-state index in [4.69, 9.17) is 5.73 Å². The fourth-order valence-electron chi connectivity index (χ4n) is 1.80. The van der Waals surface area contributed by atoms with E-state index in [-0.39, 0.29) is 16.7 Å². The highest BCUT2D eigenvalue weighted by atomic mass is 32.2. The summed E-state index contributed by atoms with van der Waals surface area (Å²) >= 11 is 0. The minimum absolute atomic E-state index is 0.114. The standard InChI is InChI=1S/C13H13N7O2S/c14-12-17-13(19-18-12)16-9-4-6-10(7-5-9)23(21,22)20-11-3-1-2-8-15-11/h1-8H,(H,15,20)(H4,14,16,17,18,19). The number of hydrogen-bond acceptors (Lipinski definition) is 7. The van der Waals surface area contributed by atoms with Gasteiger partial charge in [-0.05, 0) is 36.4 Å². The average molecular weight is 331 g/mol. The summed E-state index contributed by atoms with van der Waals surface area (Å²) < 4.78 is 26.9. The van der Waals surface area contributed by atoms with E-state index >= 15 is 0 Å². The number of nitrogen functional groups attached to an aromatic ring is 1. The molecule has 3 aromatic rings. The SMILES string of the molecule is Nc1nc(Nc2ccc(S(=O)(=O)Nc3ccccn3)cc2)n[nH]1. The number of rotatable bonds is 5. The van der Waals surface area contributed by atoms with E-state index in [0.29, 0.717) is 11.6 Å². The van der Waals surface area contributed by atoms with E-state index < -0.39 is 10.0 Å². The van der Waals surface area contributed by atoms with Crippen LogP contribution in [-0.2, 0) is 10.0 Å². The summed E-state index contributed by atoms with van der Waals surface area (Å²) in [6.45, 7) is 0. The number of sulfonamides is 1. The van der Waals surface area contributed by atoms with E-state index in [0.717, 1.165) is 0 Å². The lowest BCUT2D eigenvalue weighted by atomic mass is 10.3. The molecule has 0 unspecified atom stereocenters. The van der Waals surface area contributed by atoms with Crippen LogP contribution in [0.1, 0.15) is 0 Å². The highest BCUT2D eigenvalue weighted by Crippen LogP contribution is 2.18. The Morgan fingerprint density at radius 1 is 1.09 bits per heavy atom. The van der Waals surface area contributed by atoms with E-state index in [1.165, 1.54) is 18.3 Å². The number of benzene rings is 1. The second kappa shape index (κ2) is 5.93. The first kappa shape index (κ1) is 14.8. The molecule has 0 saturated carbocycles. The third kappa shape index (κ3) is 3.55. The van der Waals surface area contributed by atoms with Crippen molar-refractivity contribution in [2.75, 3.05) is 15.8 Å². The third-order valence-electron chi connectivity index (χ3n) is 2.83. The number of nitrogens with two attached hydrogens (primary N) is 1. The molecule has 0 aliphatic rings. The van der Waals surface area contributed by atoms with Gasteiger partial charge in [0.2, 0.25) is 11.9 Å². The highest BCUT2D eigenvalue weighted by Gasteiger charge is 2.14. The number of H-pyrrole nitrogens is 1. The topological polar surface area (TPSA) is 139 Å². The van der Waals surface area contributed by atoms with Crippen molar-refractivity contribution in [1.29, 1.82) is 0 Å². The molecule has 3 rings (SSSR count). The van der Waals surface area contributed by atoms with Gasteiger partial charge in [0.25, 0.3) is 10.0 Å². The minimum atomic E-state index is -3.70. The van der Waals surface area contributed by atoms with E-state index in [2.05, 4.69) is 30.2 Å². The molecule has 5 N–H and O–H groups in total. The number of pyridine rings is 1. The van der Waals surface area contributed by atoms with Crippen molar-refractivity contribution in [3.8, 4) is 0 Å².